The van der Waals surface area contributed by atoms with E-state index in [1.807, 2.05) is 36.4 Å². The van der Waals surface area contributed by atoms with Gasteiger partial charge in [0.1, 0.15) is 0 Å². The number of benzene rings is 2. The molecule has 0 heterocycles. The molecule has 0 bridgehead atoms. The normalized spacial score (nSPS) is 10.3. The smallest absolute Gasteiger partial charge is 0.0637 e. The number of anilines is 1. The van der Waals surface area contributed by atoms with Crippen LogP contribution in [0.25, 0.3) is 10.8 Å². The molecule has 13 heavy (non-hydrogen) atoms. The van der Waals surface area contributed by atoms with E-state index in [0.717, 1.165) is 16.1 Å². The summed E-state index contributed by atoms with van der Waals surface area (Å²) in [7, 11) is 1.62. The number of rotatable bonds is 1. The first-order valence-corrected chi connectivity index (χ1v) is 4.19. The monoisotopic (exact) mass is 173 g/mol. The summed E-state index contributed by atoms with van der Waals surface area (Å²) in [5, 5.41) is 12.7. The molecule has 66 valence electrons. The second kappa shape index (κ2) is 3.07. The number of hydrogen-bond donors (Lipinski definition) is 1. The zero-order chi connectivity index (χ0) is 9.26. The van der Waals surface area contributed by atoms with Gasteiger partial charge in [-0.3, -0.25) is 10.3 Å². The Bertz CT molecular complexity index is 423. The highest BCUT2D eigenvalue weighted by molar-refractivity contribution is 5.85. The molecule has 0 aliphatic rings. The van der Waals surface area contributed by atoms with Crippen molar-refractivity contribution < 1.29 is 5.21 Å². The molecular weight excluding hydrogens is 162 g/mol. The highest BCUT2D eigenvalue weighted by Gasteiger charge is 1.97. The average molecular weight is 173 g/mol. The van der Waals surface area contributed by atoms with E-state index in [1.54, 1.807) is 7.05 Å². The van der Waals surface area contributed by atoms with Crippen LogP contribution in [0.15, 0.2) is 42.5 Å². The highest BCUT2D eigenvalue weighted by Crippen LogP contribution is 2.19. The fourth-order valence-electron chi connectivity index (χ4n) is 1.38. The molecular formula is C11H11NO. The van der Waals surface area contributed by atoms with Gasteiger partial charge in [-0.25, -0.2) is 0 Å². The van der Waals surface area contributed by atoms with Gasteiger partial charge in [0.05, 0.1) is 5.69 Å². The predicted octanol–water partition coefficient (Wildman–Crippen LogP) is 2.67. The summed E-state index contributed by atoms with van der Waals surface area (Å²) >= 11 is 0. The molecule has 1 N–H and O–H groups in total. The Morgan fingerprint density at radius 2 is 1.69 bits per heavy atom. The second-order valence-corrected chi connectivity index (χ2v) is 3.06. The molecule has 2 nitrogen and oxygen atoms in total. The lowest BCUT2D eigenvalue weighted by Gasteiger charge is -2.10. The maximum absolute atomic E-state index is 9.22. The standard InChI is InChI=1S/C11H11NO/c1-12(13)11-7-6-9-4-2-3-5-10(9)8-11/h2-8,13H,1H3. The van der Waals surface area contributed by atoms with Crippen LogP contribution in [-0.2, 0) is 0 Å². The number of fused-ring (bicyclic) bond motifs is 1. The Balaban J connectivity index is 2.62. The predicted molar refractivity (Wildman–Crippen MR) is 54.1 cm³/mol. The zero-order valence-corrected chi connectivity index (χ0v) is 7.44. The van der Waals surface area contributed by atoms with E-state index < -0.39 is 0 Å². The van der Waals surface area contributed by atoms with Crippen molar-refractivity contribution in [3.8, 4) is 0 Å². The number of hydrogen-bond acceptors (Lipinski definition) is 2. The van der Waals surface area contributed by atoms with Crippen LogP contribution in [0.2, 0.25) is 0 Å². The van der Waals surface area contributed by atoms with E-state index in [4.69, 9.17) is 0 Å². The maximum atomic E-state index is 9.22. The van der Waals surface area contributed by atoms with Crippen molar-refractivity contribution >= 4 is 16.5 Å². The van der Waals surface area contributed by atoms with Gasteiger partial charge in [-0.15, -0.1) is 0 Å². The summed E-state index contributed by atoms with van der Waals surface area (Å²) in [6.07, 6.45) is 0. The van der Waals surface area contributed by atoms with Gasteiger partial charge in [0, 0.05) is 7.05 Å². The van der Waals surface area contributed by atoms with Gasteiger partial charge >= 0.3 is 0 Å². The molecule has 0 amide bonds. The van der Waals surface area contributed by atoms with Crippen molar-refractivity contribution in [2.24, 2.45) is 0 Å². The molecule has 0 saturated heterocycles. The SMILES string of the molecule is CN(O)c1ccc2ccccc2c1. The highest BCUT2D eigenvalue weighted by atomic mass is 16.5. The minimum atomic E-state index is 0.804. The molecule has 0 radical (unpaired) electrons. The molecule has 0 fully saturated rings. The minimum absolute atomic E-state index is 0.804. The first kappa shape index (κ1) is 8.08. The van der Waals surface area contributed by atoms with Gasteiger partial charge in [-0.1, -0.05) is 30.3 Å². The van der Waals surface area contributed by atoms with Gasteiger partial charge < -0.3 is 0 Å². The van der Waals surface area contributed by atoms with Gasteiger partial charge in [0.2, 0.25) is 0 Å². The molecule has 2 aromatic carbocycles. The summed E-state index contributed by atoms with van der Waals surface area (Å²) in [4.78, 5) is 0. The van der Waals surface area contributed by atoms with Crippen molar-refractivity contribution in [3.05, 3.63) is 42.5 Å². The quantitative estimate of drug-likeness (QED) is 0.670. The van der Waals surface area contributed by atoms with Crippen molar-refractivity contribution in [3.63, 3.8) is 0 Å². The lowest BCUT2D eigenvalue weighted by atomic mass is 10.1. The van der Waals surface area contributed by atoms with Crippen molar-refractivity contribution in [1.29, 1.82) is 0 Å². The van der Waals surface area contributed by atoms with Gasteiger partial charge in [-0.2, -0.15) is 0 Å². The summed E-state index contributed by atoms with van der Waals surface area (Å²) < 4.78 is 0. The molecule has 0 aromatic heterocycles. The van der Waals surface area contributed by atoms with E-state index in [0.29, 0.717) is 0 Å². The Labute approximate surface area is 77.0 Å². The molecule has 2 aromatic rings. The first-order chi connectivity index (χ1) is 6.27. The third-order valence-corrected chi connectivity index (χ3v) is 2.11. The van der Waals surface area contributed by atoms with Crippen molar-refractivity contribution in [2.75, 3.05) is 12.1 Å². The van der Waals surface area contributed by atoms with E-state index in [9.17, 15) is 5.21 Å². The average Bonchev–Trinajstić information content (AvgIpc) is 2.17. The van der Waals surface area contributed by atoms with Gasteiger partial charge in [-0.05, 0) is 22.9 Å². The number of hydroxylamine groups is 1. The lowest BCUT2D eigenvalue weighted by molar-refractivity contribution is 0.279. The van der Waals surface area contributed by atoms with Crippen LogP contribution >= 0.6 is 0 Å². The second-order valence-electron chi connectivity index (χ2n) is 3.06. The van der Waals surface area contributed by atoms with Crippen molar-refractivity contribution in [1.82, 2.24) is 0 Å². The Morgan fingerprint density at radius 3 is 2.38 bits per heavy atom. The van der Waals surface area contributed by atoms with Crippen LogP contribution in [0.4, 0.5) is 5.69 Å². The van der Waals surface area contributed by atoms with E-state index >= 15 is 0 Å². The van der Waals surface area contributed by atoms with E-state index in [1.165, 1.54) is 5.39 Å². The van der Waals surface area contributed by atoms with Crippen LogP contribution in [-0.4, -0.2) is 12.3 Å². The topological polar surface area (TPSA) is 23.5 Å². The molecule has 0 aliphatic carbocycles. The summed E-state index contributed by atoms with van der Waals surface area (Å²) in [6, 6.07) is 13.9. The third kappa shape index (κ3) is 1.48. The van der Waals surface area contributed by atoms with Gasteiger partial charge in [0.25, 0.3) is 0 Å². The Morgan fingerprint density at radius 1 is 1.00 bits per heavy atom. The fourth-order valence-corrected chi connectivity index (χ4v) is 1.38. The molecule has 0 unspecified atom stereocenters. The van der Waals surface area contributed by atoms with Crippen LogP contribution < -0.4 is 5.06 Å². The van der Waals surface area contributed by atoms with Crippen LogP contribution in [0, 0.1) is 0 Å². The molecule has 2 rings (SSSR count). The molecule has 0 atom stereocenters. The fraction of sp³-hybridized carbons (Fsp3) is 0.0909. The van der Waals surface area contributed by atoms with E-state index in [-0.39, 0.29) is 0 Å². The largest absolute Gasteiger partial charge is 0.289 e. The zero-order valence-electron chi connectivity index (χ0n) is 7.44. The maximum Gasteiger partial charge on any atom is 0.0637 e. The van der Waals surface area contributed by atoms with Gasteiger partial charge in [0.15, 0.2) is 0 Å². The summed E-state index contributed by atoms with van der Waals surface area (Å²) in [6.45, 7) is 0. The number of nitrogens with zero attached hydrogens (tertiary/aromatic N) is 1. The third-order valence-electron chi connectivity index (χ3n) is 2.11. The summed E-state index contributed by atoms with van der Waals surface area (Å²) in [5.74, 6) is 0. The molecule has 0 aliphatic heterocycles. The van der Waals surface area contributed by atoms with Crippen molar-refractivity contribution in [2.45, 2.75) is 0 Å². The molecule has 0 spiro atoms. The van der Waals surface area contributed by atoms with E-state index in [2.05, 4.69) is 6.07 Å². The lowest BCUT2D eigenvalue weighted by Crippen LogP contribution is -2.09. The van der Waals surface area contributed by atoms with Crippen LogP contribution in [0.3, 0.4) is 0 Å². The molecule has 0 saturated carbocycles. The molecule has 2 heteroatoms. The summed E-state index contributed by atoms with van der Waals surface area (Å²) in [5.41, 5.74) is 0.804. The van der Waals surface area contributed by atoms with Crippen LogP contribution in [0.5, 0.6) is 0 Å². The Hall–Kier alpha value is -1.54. The first-order valence-electron chi connectivity index (χ1n) is 4.19. The Kier molecular flexibility index (Phi) is 1.91. The van der Waals surface area contributed by atoms with Crippen LogP contribution in [0.1, 0.15) is 0 Å². The minimum Gasteiger partial charge on any atom is -0.289 e.